The second-order valence-electron chi connectivity index (χ2n) is 8.15. The predicted molar refractivity (Wildman–Crippen MR) is 109 cm³/mol. The molecular weight excluding hydrogens is 383 g/mol. The van der Waals surface area contributed by atoms with E-state index in [-0.39, 0.29) is 23.2 Å². The smallest absolute Gasteiger partial charge is 0.266 e. The van der Waals surface area contributed by atoms with Crippen molar-refractivity contribution < 1.29 is 9.18 Å². The highest BCUT2D eigenvalue weighted by Crippen LogP contribution is 2.50. The predicted octanol–water partition coefficient (Wildman–Crippen LogP) is 2.63. The van der Waals surface area contributed by atoms with Crippen molar-refractivity contribution in [2.24, 2.45) is 5.92 Å². The molecule has 3 aromatic rings. The normalized spacial score (nSPS) is 17.4. The molecule has 6 nitrogen and oxygen atoms in total. The van der Waals surface area contributed by atoms with Gasteiger partial charge in [0.15, 0.2) is 0 Å². The van der Waals surface area contributed by atoms with Gasteiger partial charge in [0.05, 0.1) is 17.7 Å². The first-order valence-corrected chi connectivity index (χ1v) is 10.1. The third-order valence-electron chi connectivity index (χ3n) is 6.06. The molecule has 0 spiro atoms. The van der Waals surface area contributed by atoms with E-state index in [9.17, 15) is 14.0 Å². The van der Waals surface area contributed by atoms with Crippen LogP contribution in [0, 0.1) is 11.7 Å². The monoisotopic (exact) mass is 404 g/mol. The minimum Gasteiger partial charge on any atom is -0.341 e. The number of rotatable bonds is 5. The summed E-state index contributed by atoms with van der Waals surface area (Å²) in [5, 5.41) is 4.48. The topological polar surface area (TPSA) is 68.1 Å². The molecule has 0 atom stereocenters. The second kappa shape index (κ2) is 7.16. The Bertz CT molecular complexity index is 1130. The quantitative estimate of drug-likeness (QED) is 0.656. The van der Waals surface area contributed by atoms with Crippen molar-refractivity contribution in [1.82, 2.24) is 19.7 Å². The van der Waals surface area contributed by atoms with Crippen LogP contribution in [-0.4, -0.2) is 38.7 Å². The molecule has 1 saturated heterocycles. The Hall–Kier alpha value is -3.35. The highest BCUT2D eigenvalue weighted by molar-refractivity contribution is 5.91. The maximum absolute atomic E-state index is 13.2. The van der Waals surface area contributed by atoms with Crippen molar-refractivity contribution in [2.75, 3.05) is 13.1 Å². The van der Waals surface area contributed by atoms with Gasteiger partial charge >= 0.3 is 0 Å². The Morgan fingerprint density at radius 1 is 1.10 bits per heavy atom. The van der Waals surface area contributed by atoms with Crippen LogP contribution >= 0.6 is 0 Å². The van der Waals surface area contributed by atoms with Crippen LogP contribution in [0.25, 0.3) is 11.3 Å². The summed E-state index contributed by atoms with van der Waals surface area (Å²) < 4.78 is 14.7. The molecular formula is C23H21FN4O2. The number of benzene rings is 1. The standard InChI is InChI=1S/C23H21FN4O2/c24-19-5-3-18(4-6-19)23(9-10-23)22(30)27-13-16(14-27)15-28-21(29)8-7-20(26-28)17-2-1-11-25-12-17/h1-8,11-12,16H,9-10,13-15H2. The van der Waals surface area contributed by atoms with Crippen molar-refractivity contribution in [3.8, 4) is 11.3 Å². The number of likely N-dealkylation sites (tertiary alicyclic amines) is 1. The van der Waals surface area contributed by atoms with Crippen LogP contribution in [0.4, 0.5) is 4.39 Å². The van der Waals surface area contributed by atoms with Gasteiger partial charge in [-0.2, -0.15) is 5.10 Å². The van der Waals surface area contributed by atoms with E-state index in [0.29, 0.717) is 25.3 Å². The van der Waals surface area contributed by atoms with Gasteiger partial charge in [0, 0.05) is 43.0 Å². The maximum atomic E-state index is 13.2. The molecule has 1 aromatic carbocycles. The van der Waals surface area contributed by atoms with Gasteiger partial charge in [-0.05, 0) is 48.7 Å². The third-order valence-corrected chi connectivity index (χ3v) is 6.06. The summed E-state index contributed by atoms with van der Waals surface area (Å²) in [6.07, 6.45) is 5.00. The molecule has 30 heavy (non-hydrogen) atoms. The molecule has 0 radical (unpaired) electrons. The van der Waals surface area contributed by atoms with Crippen molar-refractivity contribution >= 4 is 5.91 Å². The number of hydrogen-bond donors (Lipinski definition) is 0. The molecule has 7 heteroatoms. The first kappa shape index (κ1) is 18.7. The molecule has 0 bridgehead atoms. The Morgan fingerprint density at radius 2 is 1.87 bits per heavy atom. The molecule has 3 heterocycles. The summed E-state index contributed by atoms with van der Waals surface area (Å²) in [5.74, 6) is -0.000407. The zero-order valence-corrected chi connectivity index (χ0v) is 16.4. The van der Waals surface area contributed by atoms with E-state index in [1.54, 1.807) is 30.6 Å². The van der Waals surface area contributed by atoms with Crippen LogP contribution in [-0.2, 0) is 16.8 Å². The average molecular weight is 404 g/mol. The van der Waals surface area contributed by atoms with Gasteiger partial charge in [-0.25, -0.2) is 9.07 Å². The van der Waals surface area contributed by atoms with Gasteiger partial charge in [-0.3, -0.25) is 14.6 Å². The summed E-state index contributed by atoms with van der Waals surface area (Å²) in [7, 11) is 0. The Kier molecular flexibility index (Phi) is 4.46. The highest BCUT2D eigenvalue weighted by Gasteiger charge is 2.54. The fourth-order valence-electron chi connectivity index (χ4n) is 4.17. The number of hydrogen-bond acceptors (Lipinski definition) is 4. The number of aromatic nitrogens is 3. The van der Waals surface area contributed by atoms with Crippen LogP contribution in [0.2, 0.25) is 0 Å². The van der Waals surface area contributed by atoms with Gasteiger partial charge < -0.3 is 4.90 Å². The fraction of sp³-hybridized carbons (Fsp3) is 0.304. The molecule has 1 saturated carbocycles. The van der Waals surface area contributed by atoms with Crippen LogP contribution in [0.1, 0.15) is 18.4 Å². The first-order valence-electron chi connectivity index (χ1n) is 10.1. The van der Waals surface area contributed by atoms with Gasteiger partial charge in [-0.15, -0.1) is 0 Å². The molecule has 152 valence electrons. The van der Waals surface area contributed by atoms with Crippen LogP contribution in [0.5, 0.6) is 0 Å². The third kappa shape index (κ3) is 3.30. The summed E-state index contributed by atoms with van der Waals surface area (Å²) in [4.78, 5) is 31.2. The van der Waals surface area contributed by atoms with E-state index in [1.165, 1.54) is 22.9 Å². The van der Waals surface area contributed by atoms with E-state index in [0.717, 1.165) is 24.0 Å². The van der Waals surface area contributed by atoms with Crippen LogP contribution in [0.3, 0.4) is 0 Å². The molecule has 5 rings (SSSR count). The number of carbonyl (C=O) groups excluding carboxylic acids is 1. The summed E-state index contributed by atoms with van der Waals surface area (Å²) >= 11 is 0. The van der Waals surface area contributed by atoms with Gasteiger partial charge in [0.2, 0.25) is 5.91 Å². The molecule has 2 aromatic heterocycles. The van der Waals surface area contributed by atoms with Crippen molar-refractivity contribution in [3.63, 3.8) is 0 Å². The van der Waals surface area contributed by atoms with E-state index in [4.69, 9.17) is 0 Å². The van der Waals surface area contributed by atoms with E-state index < -0.39 is 5.41 Å². The molecule has 2 aliphatic rings. The largest absolute Gasteiger partial charge is 0.341 e. The minimum atomic E-state index is -0.492. The van der Waals surface area contributed by atoms with Crippen molar-refractivity contribution in [3.05, 3.63) is 82.7 Å². The molecule has 0 N–H and O–H groups in total. The fourth-order valence-corrected chi connectivity index (χ4v) is 4.17. The number of amides is 1. The number of carbonyl (C=O) groups is 1. The summed E-state index contributed by atoms with van der Waals surface area (Å²) in [6.45, 7) is 1.68. The van der Waals surface area contributed by atoms with Crippen molar-refractivity contribution in [2.45, 2.75) is 24.8 Å². The van der Waals surface area contributed by atoms with Gasteiger partial charge in [0.25, 0.3) is 5.56 Å². The zero-order chi connectivity index (χ0) is 20.7. The number of nitrogens with zero attached hydrogens (tertiary/aromatic N) is 4. The lowest BCUT2D eigenvalue weighted by atomic mass is 9.90. The van der Waals surface area contributed by atoms with Crippen LogP contribution in [0.15, 0.2) is 65.7 Å². The molecule has 1 aliphatic carbocycles. The van der Waals surface area contributed by atoms with E-state index in [1.807, 2.05) is 17.0 Å². The van der Waals surface area contributed by atoms with E-state index in [2.05, 4.69) is 10.1 Å². The lowest BCUT2D eigenvalue weighted by molar-refractivity contribution is -0.140. The molecule has 2 fully saturated rings. The molecule has 1 amide bonds. The molecule has 1 aliphatic heterocycles. The Labute approximate surface area is 173 Å². The SMILES string of the molecule is O=C(N1CC(Cn2nc(-c3cccnc3)ccc2=O)C1)C1(c2ccc(F)cc2)CC1. The van der Waals surface area contributed by atoms with Crippen LogP contribution < -0.4 is 5.56 Å². The van der Waals surface area contributed by atoms with Gasteiger partial charge in [0.1, 0.15) is 5.82 Å². The average Bonchev–Trinajstić information content (AvgIpc) is 3.54. The van der Waals surface area contributed by atoms with E-state index >= 15 is 0 Å². The number of halogens is 1. The Morgan fingerprint density at radius 3 is 2.53 bits per heavy atom. The second-order valence-corrected chi connectivity index (χ2v) is 8.15. The Balaban J connectivity index is 1.25. The first-order chi connectivity index (χ1) is 14.5. The molecule has 0 unspecified atom stereocenters. The summed E-state index contributed by atoms with van der Waals surface area (Å²) in [6, 6.07) is 13.2. The minimum absolute atomic E-state index is 0.106. The zero-order valence-electron chi connectivity index (χ0n) is 16.4. The number of pyridine rings is 1. The summed E-state index contributed by atoms with van der Waals surface area (Å²) in [5.41, 5.74) is 1.79. The van der Waals surface area contributed by atoms with Crippen molar-refractivity contribution in [1.29, 1.82) is 0 Å². The van der Waals surface area contributed by atoms with Gasteiger partial charge in [-0.1, -0.05) is 12.1 Å². The lowest BCUT2D eigenvalue weighted by Crippen LogP contribution is -2.55. The maximum Gasteiger partial charge on any atom is 0.266 e. The highest BCUT2D eigenvalue weighted by atomic mass is 19.1. The lowest BCUT2D eigenvalue weighted by Gasteiger charge is -2.41.